The molecule has 1 saturated carbocycles. The summed E-state index contributed by atoms with van der Waals surface area (Å²) in [6.45, 7) is 0. The van der Waals surface area contributed by atoms with Crippen molar-refractivity contribution in [1.82, 2.24) is 4.57 Å². The summed E-state index contributed by atoms with van der Waals surface area (Å²) in [5.74, 6) is 0.664. The van der Waals surface area contributed by atoms with Crippen LogP contribution in [0.1, 0.15) is 43.6 Å². The first-order valence-corrected chi connectivity index (χ1v) is 21.5. The van der Waals surface area contributed by atoms with Crippen molar-refractivity contribution in [2.75, 3.05) is 4.90 Å². The van der Waals surface area contributed by atoms with Gasteiger partial charge in [-0.25, -0.2) is 0 Å². The van der Waals surface area contributed by atoms with Gasteiger partial charge in [0.25, 0.3) is 0 Å². The molecule has 1 aliphatic carbocycles. The average Bonchev–Trinajstić information content (AvgIpc) is 3.66. The van der Waals surface area contributed by atoms with Gasteiger partial charge < -0.3 is 9.47 Å². The number of fused-ring (bicyclic) bond motifs is 4. The lowest BCUT2D eigenvalue weighted by Gasteiger charge is -2.31. The van der Waals surface area contributed by atoms with Gasteiger partial charge in [0, 0.05) is 33.3 Å². The third kappa shape index (κ3) is 6.46. The van der Waals surface area contributed by atoms with E-state index in [4.69, 9.17) is 0 Å². The van der Waals surface area contributed by atoms with Crippen LogP contribution >= 0.6 is 0 Å². The largest absolute Gasteiger partial charge is 0.309 e. The summed E-state index contributed by atoms with van der Waals surface area (Å²) in [6, 6.07) is 78.4. The van der Waals surface area contributed by atoms with E-state index >= 15 is 0 Å². The maximum absolute atomic E-state index is 2.52. The number of benzene rings is 9. The quantitative estimate of drug-likeness (QED) is 0.149. The number of hydrogen-bond donors (Lipinski definition) is 0. The molecule has 11 rings (SSSR count). The Labute approximate surface area is 352 Å². The summed E-state index contributed by atoms with van der Waals surface area (Å²) in [5, 5.41) is 4.94. The van der Waals surface area contributed by atoms with Gasteiger partial charge in [0.05, 0.1) is 22.4 Å². The topological polar surface area (TPSA) is 8.17 Å². The van der Waals surface area contributed by atoms with Gasteiger partial charge in [0.15, 0.2) is 0 Å². The van der Waals surface area contributed by atoms with Gasteiger partial charge in [-0.05, 0) is 99.8 Å². The molecule has 0 spiro atoms. The number of para-hydroxylation sites is 1. The van der Waals surface area contributed by atoms with E-state index in [1.165, 1.54) is 109 Å². The molecule has 1 fully saturated rings. The van der Waals surface area contributed by atoms with Crippen molar-refractivity contribution in [3.05, 3.63) is 218 Å². The maximum Gasteiger partial charge on any atom is 0.0561 e. The molecule has 0 amide bonds. The molecule has 1 heterocycles. The monoisotopic (exact) mass is 770 g/mol. The summed E-state index contributed by atoms with van der Waals surface area (Å²) in [7, 11) is 0. The van der Waals surface area contributed by atoms with Gasteiger partial charge >= 0.3 is 0 Å². The minimum absolute atomic E-state index is 0.664. The highest BCUT2D eigenvalue weighted by Gasteiger charge is 2.25. The molecule has 1 aromatic heterocycles. The van der Waals surface area contributed by atoms with Gasteiger partial charge in [0.1, 0.15) is 0 Å². The van der Waals surface area contributed by atoms with E-state index in [0.29, 0.717) is 5.92 Å². The normalized spacial score (nSPS) is 13.3. The molecule has 60 heavy (non-hydrogen) atoms. The molecule has 0 saturated heterocycles. The van der Waals surface area contributed by atoms with E-state index in [-0.39, 0.29) is 0 Å². The minimum Gasteiger partial charge on any atom is -0.309 e. The summed E-state index contributed by atoms with van der Waals surface area (Å²) in [6.07, 6.45) is 6.63. The second-order valence-corrected chi connectivity index (χ2v) is 16.3. The van der Waals surface area contributed by atoms with Crippen LogP contribution in [0.4, 0.5) is 17.1 Å². The van der Waals surface area contributed by atoms with Crippen LogP contribution in [0.25, 0.3) is 71.6 Å². The standard InChI is InChI=1S/C58H46N2/c1-5-17-41(18-6-1)43-29-33-48(34-30-43)59-54-28-16-15-27-52(54)53-37-35-49(40-57(53)59)60(55-38-32-45-23-13-14-26-51(45)58(55)46-24-11-4-12-25-46)56-39-47(42-19-7-2-8-20-42)31-36-50(56)44-21-9-3-10-22-44/h2-4,7-16,19-41H,1,5-6,17-18H2. The van der Waals surface area contributed by atoms with E-state index in [2.05, 4.69) is 222 Å². The van der Waals surface area contributed by atoms with Crippen LogP contribution in [0.5, 0.6) is 0 Å². The van der Waals surface area contributed by atoms with Crippen molar-refractivity contribution in [2.45, 2.75) is 38.0 Å². The van der Waals surface area contributed by atoms with Crippen molar-refractivity contribution >= 4 is 49.6 Å². The molecule has 0 atom stereocenters. The minimum atomic E-state index is 0.664. The molecule has 9 aromatic carbocycles. The zero-order valence-corrected chi connectivity index (χ0v) is 33.7. The van der Waals surface area contributed by atoms with E-state index in [9.17, 15) is 0 Å². The zero-order chi connectivity index (χ0) is 39.8. The Hall–Kier alpha value is -7.16. The molecular formula is C58H46N2. The summed E-state index contributed by atoms with van der Waals surface area (Å²) >= 11 is 0. The highest BCUT2D eigenvalue weighted by Crippen LogP contribution is 2.49. The molecule has 288 valence electrons. The predicted octanol–water partition coefficient (Wildman–Crippen LogP) is 16.5. The maximum atomic E-state index is 2.52. The second kappa shape index (κ2) is 15.5. The number of nitrogens with zero attached hydrogens (tertiary/aromatic N) is 2. The highest BCUT2D eigenvalue weighted by atomic mass is 15.2. The highest BCUT2D eigenvalue weighted by molar-refractivity contribution is 6.12. The van der Waals surface area contributed by atoms with Crippen LogP contribution in [-0.4, -0.2) is 4.57 Å². The van der Waals surface area contributed by atoms with Crippen molar-refractivity contribution in [3.63, 3.8) is 0 Å². The number of aromatic nitrogens is 1. The first kappa shape index (κ1) is 36.0. The van der Waals surface area contributed by atoms with Crippen molar-refractivity contribution < 1.29 is 0 Å². The van der Waals surface area contributed by atoms with Gasteiger partial charge in [-0.15, -0.1) is 0 Å². The Balaban J connectivity index is 1.20. The van der Waals surface area contributed by atoms with Crippen molar-refractivity contribution in [2.24, 2.45) is 0 Å². The molecule has 0 unspecified atom stereocenters. The van der Waals surface area contributed by atoms with Gasteiger partial charge in [-0.1, -0.05) is 189 Å². The number of rotatable bonds is 8. The van der Waals surface area contributed by atoms with Crippen molar-refractivity contribution in [3.8, 4) is 39.1 Å². The molecule has 2 nitrogen and oxygen atoms in total. The fourth-order valence-corrected chi connectivity index (χ4v) is 9.86. The van der Waals surface area contributed by atoms with Crippen LogP contribution in [-0.2, 0) is 0 Å². The SMILES string of the molecule is c1ccc(-c2ccc(-c3ccccc3)c(N(c3ccc4c5ccccc5n(-c5ccc(C6CCCCC6)cc5)c4c3)c3ccc4ccccc4c3-c3ccccc3)c2)cc1. The van der Waals surface area contributed by atoms with Crippen molar-refractivity contribution in [1.29, 1.82) is 0 Å². The average molecular weight is 771 g/mol. The lowest BCUT2D eigenvalue weighted by atomic mass is 9.84. The van der Waals surface area contributed by atoms with E-state index in [1.807, 2.05) is 0 Å². The molecule has 1 aliphatic rings. The zero-order valence-electron chi connectivity index (χ0n) is 33.7. The molecule has 2 heteroatoms. The van der Waals surface area contributed by atoms with Crippen LogP contribution in [0.3, 0.4) is 0 Å². The summed E-state index contributed by atoms with van der Waals surface area (Å²) in [4.78, 5) is 2.52. The van der Waals surface area contributed by atoms with Gasteiger partial charge in [0.2, 0.25) is 0 Å². The van der Waals surface area contributed by atoms with Gasteiger partial charge in [-0.2, -0.15) is 0 Å². The second-order valence-electron chi connectivity index (χ2n) is 16.3. The third-order valence-electron chi connectivity index (χ3n) is 12.8. The Morgan fingerprint density at radius 1 is 0.400 bits per heavy atom. The fraction of sp³-hybridized carbons (Fsp3) is 0.103. The number of anilines is 3. The first-order valence-electron chi connectivity index (χ1n) is 21.5. The Kier molecular flexibility index (Phi) is 9.32. The Bertz CT molecular complexity index is 3100. The van der Waals surface area contributed by atoms with Gasteiger partial charge in [-0.3, -0.25) is 0 Å². The van der Waals surface area contributed by atoms with Crippen LogP contribution in [0.2, 0.25) is 0 Å². The molecule has 0 radical (unpaired) electrons. The first-order chi connectivity index (χ1) is 29.8. The van der Waals surface area contributed by atoms with Crippen LogP contribution in [0.15, 0.2) is 212 Å². The molecular weight excluding hydrogens is 725 g/mol. The summed E-state index contributed by atoms with van der Waals surface area (Å²) < 4.78 is 2.48. The molecule has 10 aromatic rings. The Morgan fingerprint density at radius 2 is 1.03 bits per heavy atom. The fourth-order valence-electron chi connectivity index (χ4n) is 9.86. The van der Waals surface area contributed by atoms with E-state index < -0.39 is 0 Å². The number of hydrogen-bond acceptors (Lipinski definition) is 1. The van der Waals surface area contributed by atoms with E-state index in [0.717, 1.165) is 17.1 Å². The van der Waals surface area contributed by atoms with Crippen LogP contribution in [0, 0.1) is 0 Å². The van der Waals surface area contributed by atoms with E-state index in [1.54, 1.807) is 0 Å². The predicted molar refractivity (Wildman–Crippen MR) is 255 cm³/mol. The molecule has 0 bridgehead atoms. The Morgan fingerprint density at radius 3 is 1.78 bits per heavy atom. The lowest BCUT2D eigenvalue weighted by Crippen LogP contribution is -2.13. The molecule has 0 aliphatic heterocycles. The summed E-state index contributed by atoms with van der Waals surface area (Å²) in [5.41, 5.74) is 15.5. The smallest absolute Gasteiger partial charge is 0.0561 e. The third-order valence-corrected chi connectivity index (χ3v) is 12.8. The lowest BCUT2D eigenvalue weighted by molar-refractivity contribution is 0.443. The molecule has 0 N–H and O–H groups in total. The van der Waals surface area contributed by atoms with Crippen LogP contribution < -0.4 is 4.90 Å².